The summed E-state index contributed by atoms with van der Waals surface area (Å²) in [4.78, 5) is 29.4. The summed E-state index contributed by atoms with van der Waals surface area (Å²) < 4.78 is 18.8. The molecule has 1 heterocycles. The minimum absolute atomic E-state index is 0.00120. The number of carbonyl (C=O) groups excluding carboxylic acids is 1. The second-order valence-corrected chi connectivity index (χ2v) is 4.74. The van der Waals surface area contributed by atoms with Crippen LogP contribution in [0, 0.1) is 15.9 Å². The van der Waals surface area contributed by atoms with E-state index in [-0.39, 0.29) is 29.0 Å². The van der Waals surface area contributed by atoms with Gasteiger partial charge in [-0.05, 0) is 6.92 Å². The molecule has 0 aliphatic rings. The van der Waals surface area contributed by atoms with Gasteiger partial charge in [-0.25, -0.2) is 19.2 Å². The first-order valence-electron chi connectivity index (χ1n) is 6.57. The molecule has 0 saturated carbocycles. The van der Waals surface area contributed by atoms with Crippen LogP contribution >= 0.6 is 11.6 Å². The molecule has 0 fully saturated rings. The summed E-state index contributed by atoms with van der Waals surface area (Å²) in [5, 5.41) is 16.0. The Labute approximate surface area is 140 Å². The van der Waals surface area contributed by atoms with Gasteiger partial charge in [0, 0.05) is 12.1 Å². The smallest absolute Gasteiger partial charge is 0.411 e. The highest BCUT2D eigenvalue weighted by molar-refractivity contribution is 6.30. The van der Waals surface area contributed by atoms with E-state index in [1.165, 1.54) is 12.4 Å². The molecule has 1 amide bonds. The van der Waals surface area contributed by atoms with Crippen molar-refractivity contribution in [2.45, 2.75) is 6.92 Å². The standard InChI is InChI=1S/C13H11ClFN5O4/c1-2-24-13(21)19-10-3-8(15)9(4-11(10)20(22)23)18-12-16-5-7(14)6-17-12/h3-6H,2H2,1H3,(H,19,21)(H,16,17,18). The van der Waals surface area contributed by atoms with Gasteiger partial charge in [-0.2, -0.15) is 0 Å². The number of nitrogens with one attached hydrogen (secondary N) is 2. The fourth-order valence-corrected chi connectivity index (χ4v) is 1.78. The summed E-state index contributed by atoms with van der Waals surface area (Å²) in [7, 11) is 0. The third-order valence-electron chi connectivity index (χ3n) is 2.66. The molecule has 2 rings (SSSR count). The predicted octanol–water partition coefficient (Wildman–Crippen LogP) is 3.49. The van der Waals surface area contributed by atoms with Crippen LogP contribution in [-0.4, -0.2) is 27.6 Å². The molecule has 2 N–H and O–H groups in total. The molecule has 24 heavy (non-hydrogen) atoms. The molecule has 0 aliphatic heterocycles. The van der Waals surface area contributed by atoms with Gasteiger partial charge >= 0.3 is 6.09 Å². The minimum Gasteiger partial charge on any atom is -0.450 e. The van der Waals surface area contributed by atoms with E-state index in [0.29, 0.717) is 0 Å². The van der Waals surface area contributed by atoms with Gasteiger partial charge in [0.05, 0.1) is 34.6 Å². The normalized spacial score (nSPS) is 10.1. The van der Waals surface area contributed by atoms with E-state index in [0.717, 1.165) is 12.1 Å². The van der Waals surface area contributed by atoms with Crippen molar-refractivity contribution in [2.24, 2.45) is 0 Å². The number of hydrogen-bond acceptors (Lipinski definition) is 7. The van der Waals surface area contributed by atoms with Crippen LogP contribution in [-0.2, 0) is 4.74 Å². The van der Waals surface area contributed by atoms with E-state index < -0.39 is 22.5 Å². The zero-order valence-corrected chi connectivity index (χ0v) is 13.0. The van der Waals surface area contributed by atoms with Crippen LogP contribution in [0.3, 0.4) is 0 Å². The lowest BCUT2D eigenvalue weighted by molar-refractivity contribution is -0.383. The first-order valence-corrected chi connectivity index (χ1v) is 6.94. The first kappa shape index (κ1) is 17.3. The fraction of sp³-hybridized carbons (Fsp3) is 0.154. The number of rotatable bonds is 5. The lowest BCUT2D eigenvalue weighted by Gasteiger charge is -2.10. The molecule has 0 bridgehead atoms. The highest BCUT2D eigenvalue weighted by atomic mass is 35.5. The number of nitrogens with zero attached hydrogens (tertiary/aromatic N) is 3. The average Bonchev–Trinajstić information content (AvgIpc) is 2.51. The molecular weight excluding hydrogens is 345 g/mol. The lowest BCUT2D eigenvalue weighted by atomic mass is 10.2. The molecule has 0 radical (unpaired) electrons. The van der Waals surface area contributed by atoms with Crippen LogP contribution in [0.15, 0.2) is 24.5 Å². The van der Waals surface area contributed by atoms with Gasteiger partial charge in [0.15, 0.2) is 0 Å². The van der Waals surface area contributed by atoms with Gasteiger partial charge in [0.1, 0.15) is 11.5 Å². The molecule has 0 saturated heterocycles. The maximum atomic E-state index is 14.1. The van der Waals surface area contributed by atoms with Crippen molar-refractivity contribution in [3.05, 3.63) is 45.5 Å². The number of nitro benzene ring substituents is 1. The highest BCUT2D eigenvalue weighted by Gasteiger charge is 2.21. The van der Waals surface area contributed by atoms with Gasteiger partial charge in [0.2, 0.25) is 5.95 Å². The zero-order chi connectivity index (χ0) is 17.7. The Kier molecular flexibility index (Phi) is 5.42. The van der Waals surface area contributed by atoms with Gasteiger partial charge in [0.25, 0.3) is 5.69 Å². The van der Waals surface area contributed by atoms with E-state index >= 15 is 0 Å². The van der Waals surface area contributed by atoms with Crippen molar-refractivity contribution < 1.29 is 18.8 Å². The Morgan fingerprint density at radius 2 is 2.04 bits per heavy atom. The maximum Gasteiger partial charge on any atom is 0.411 e. The molecule has 0 atom stereocenters. The quantitative estimate of drug-likeness (QED) is 0.622. The third-order valence-corrected chi connectivity index (χ3v) is 2.86. The van der Waals surface area contributed by atoms with Crippen LogP contribution < -0.4 is 10.6 Å². The zero-order valence-electron chi connectivity index (χ0n) is 12.2. The fourth-order valence-electron chi connectivity index (χ4n) is 1.68. The number of ether oxygens (including phenoxy) is 1. The van der Waals surface area contributed by atoms with Crippen LogP contribution in [0.25, 0.3) is 0 Å². The maximum absolute atomic E-state index is 14.1. The third kappa shape index (κ3) is 4.26. The lowest BCUT2D eigenvalue weighted by Crippen LogP contribution is -2.15. The van der Waals surface area contributed by atoms with Gasteiger partial charge in [-0.3, -0.25) is 15.4 Å². The Morgan fingerprint density at radius 1 is 1.38 bits per heavy atom. The summed E-state index contributed by atoms with van der Waals surface area (Å²) >= 11 is 5.64. The number of anilines is 3. The molecule has 126 valence electrons. The van der Waals surface area contributed by atoms with Crippen molar-refractivity contribution in [3.8, 4) is 0 Å². The molecular formula is C13H11ClFN5O4. The van der Waals surface area contributed by atoms with Gasteiger partial charge < -0.3 is 10.1 Å². The van der Waals surface area contributed by atoms with E-state index in [1.54, 1.807) is 6.92 Å². The van der Waals surface area contributed by atoms with Gasteiger partial charge in [-0.15, -0.1) is 0 Å². The topological polar surface area (TPSA) is 119 Å². The van der Waals surface area contributed by atoms with E-state index in [4.69, 9.17) is 11.6 Å². The number of amides is 1. The van der Waals surface area contributed by atoms with Crippen molar-refractivity contribution in [2.75, 3.05) is 17.2 Å². The molecule has 1 aromatic carbocycles. The molecule has 0 unspecified atom stereocenters. The number of nitro groups is 1. The second-order valence-electron chi connectivity index (χ2n) is 4.30. The SMILES string of the molecule is CCOC(=O)Nc1cc(F)c(Nc2ncc(Cl)cn2)cc1[N+](=O)[O-]. The number of halogens is 2. The van der Waals surface area contributed by atoms with Crippen molar-refractivity contribution in [1.82, 2.24) is 9.97 Å². The molecule has 2 aromatic rings. The molecule has 0 aliphatic carbocycles. The van der Waals surface area contributed by atoms with E-state index in [1.807, 2.05) is 0 Å². The van der Waals surface area contributed by atoms with Crippen molar-refractivity contribution >= 4 is 40.7 Å². The summed E-state index contributed by atoms with van der Waals surface area (Å²) in [6, 6.07) is 1.71. The molecule has 11 heteroatoms. The Bertz CT molecular complexity index is 772. The predicted molar refractivity (Wildman–Crippen MR) is 84.0 cm³/mol. The Hall–Kier alpha value is -3.01. The van der Waals surface area contributed by atoms with E-state index in [9.17, 15) is 19.3 Å². The van der Waals surface area contributed by atoms with Crippen LogP contribution in [0.2, 0.25) is 5.02 Å². The largest absolute Gasteiger partial charge is 0.450 e. The number of aromatic nitrogens is 2. The van der Waals surface area contributed by atoms with Gasteiger partial charge in [-0.1, -0.05) is 11.6 Å². The monoisotopic (exact) mass is 355 g/mol. The van der Waals surface area contributed by atoms with Crippen LogP contribution in [0.1, 0.15) is 6.92 Å². The molecule has 9 nitrogen and oxygen atoms in total. The summed E-state index contributed by atoms with van der Waals surface area (Å²) in [5.41, 5.74) is -1.10. The highest BCUT2D eigenvalue weighted by Crippen LogP contribution is 2.31. The van der Waals surface area contributed by atoms with E-state index in [2.05, 4.69) is 25.3 Å². The summed E-state index contributed by atoms with van der Waals surface area (Å²) in [6.45, 7) is 1.63. The first-order chi connectivity index (χ1) is 11.4. The Balaban J connectivity index is 2.33. The molecule has 1 aromatic heterocycles. The average molecular weight is 356 g/mol. The Morgan fingerprint density at radius 3 is 2.62 bits per heavy atom. The summed E-state index contributed by atoms with van der Waals surface area (Å²) in [5.74, 6) is -0.857. The van der Waals surface area contributed by atoms with Crippen molar-refractivity contribution in [1.29, 1.82) is 0 Å². The minimum atomic E-state index is -0.929. The summed E-state index contributed by atoms with van der Waals surface area (Å²) in [6.07, 6.45) is 1.63. The second kappa shape index (κ2) is 7.51. The molecule has 0 spiro atoms. The number of benzene rings is 1. The number of carbonyl (C=O) groups is 1. The number of hydrogen-bond donors (Lipinski definition) is 2. The van der Waals surface area contributed by atoms with Crippen molar-refractivity contribution in [3.63, 3.8) is 0 Å². The van der Waals surface area contributed by atoms with Crippen LogP contribution in [0.5, 0.6) is 0 Å². The van der Waals surface area contributed by atoms with Crippen LogP contribution in [0.4, 0.5) is 32.2 Å².